The Morgan fingerprint density at radius 3 is 2.57 bits per heavy atom. The molecule has 0 radical (unpaired) electrons. The SMILES string of the molecule is CN1CCN(c2ccccc2C(C)(C)CC(=O)O)CC1=O. The van der Waals surface area contributed by atoms with Gasteiger partial charge in [-0.1, -0.05) is 32.0 Å². The van der Waals surface area contributed by atoms with E-state index < -0.39 is 11.4 Å². The number of hydrogen-bond acceptors (Lipinski definition) is 3. The van der Waals surface area contributed by atoms with Gasteiger partial charge in [-0.3, -0.25) is 9.59 Å². The maximum Gasteiger partial charge on any atom is 0.304 e. The van der Waals surface area contributed by atoms with E-state index in [1.165, 1.54) is 0 Å². The van der Waals surface area contributed by atoms with Crippen LogP contribution in [-0.4, -0.2) is 48.6 Å². The number of benzene rings is 1. The fourth-order valence-electron chi connectivity index (χ4n) is 2.76. The van der Waals surface area contributed by atoms with E-state index in [1.54, 1.807) is 11.9 Å². The summed E-state index contributed by atoms with van der Waals surface area (Å²) in [5.74, 6) is -0.726. The summed E-state index contributed by atoms with van der Waals surface area (Å²) in [5.41, 5.74) is 1.46. The van der Waals surface area contributed by atoms with Crippen molar-refractivity contribution < 1.29 is 14.7 Å². The molecule has 2 rings (SSSR count). The number of hydrogen-bond donors (Lipinski definition) is 1. The fraction of sp³-hybridized carbons (Fsp3) is 0.500. The molecule has 0 aliphatic carbocycles. The number of anilines is 1. The Hall–Kier alpha value is -2.04. The molecule has 1 N–H and O–H groups in total. The Labute approximate surface area is 125 Å². The molecule has 1 aromatic carbocycles. The number of carboxylic acids is 1. The van der Waals surface area contributed by atoms with Crippen LogP contribution in [0, 0.1) is 0 Å². The van der Waals surface area contributed by atoms with E-state index in [2.05, 4.69) is 0 Å². The van der Waals surface area contributed by atoms with Gasteiger partial charge in [0.2, 0.25) is 5.91 Å². The Kier molecular flexibility index (Phi) is 4.21. The zero-order valence-electron chi connectivity index (χ0n) is 12.8. The minimum absolute atomic E-state index is 0.0612. The number of likely N-dealkylation sites (N-methyl/N-ethyl adjacent to an activating group) is 1. The highest BCUT2D eigenvalue weighted by molar-refractivity contribution is 5.83. The summed E-state index contributed by atoms with van der Waals surface area (Å²) in [5, 5.41) is 9.11. The second-order valence-corrected chi connectivity index (χ2v) is 6.21. The lowest BCUT2D eigenvalue weighted by molar-refractivity contribution is -0.138. The molecule has 0 saturated carbocycles. The van der Waals surface area contributed by atoms with Crippen LogP contribution in [0.4, 0.5) is 5.69 Å². The van der Waals surface area contributed by atoms with Crippen LogP contribution in [0.25, 0.3) is 0 Å². The maximum atomic E-state index is 11.9. The van der Waals surface area contributed by atoms with E-state index in [0.29, 0.717) is 13.1 Å². The van der Waals surface area contributed by atoms with Gasteiger partial charge in [-0.15, -0.1) is 0 Å². The highest BCUT2D eigenvalue weighted by atomic mass is 16.4. The van der Waals surface area contributed by atoms with Crippen LogP contribution in [0.2, 0.25) is 0 Å². The van der Waals surface area contributed by atoms with Crippen LogP contribution >= 0.6 is 0 Å². The summed E-state index contributed by atoms with van der Waals surface area (Å²) >= 11 is 0. The minimum atomic E-state index is -0.816. The van der Waals surface area contributed by atoms with Gasteiger partial charge in [0, 0.05) is 31.2 Å². The summed E-state index contributed by atoms with van der Waals surface area (Å²) in [6.45, 7) is 5.65. The summed E-state index contributed by atoms with van der Waals surface area (Å²) in [6.07, 6.45) is 0.0612. The fourth-order valence-corrected chi connectivity index (χ4v) is 2.76. The number of carbonyl (C=O) groups excluding carboxylic acids is 1. The van der Waals surface area contributed by atoms with Crippen molar-refractivity contribution in [3.63, 3.8) is 0 Å². The molecule has 0 spiro atoms. The van der Waals surface area contributed by atoms with Crippen LogP contribution in [0.15, 0.2) is 24.3 Å². The van der Waals surface area contributed by atoms with E-state index in [4.69, 9.17) is 5.11 Å². The quantitative estimate of drug-likeness (QED) is 0.917. The van der Waals surface area contributed by atoms with E-state index >= 15 is 0 Å². The van der Waals surface area contributed by atoms with Crippen molar-refractivity contribution in [3.8, 4) is 0 Å². The van der Waals surface area contributed by atoms with E-state index in [0.717, 1.165) is 17.8 Å². The number of piperazine rings is 1. The van der Waals surface area contributed by atoms with Crippen molar-refractivity contribution in [2.75, 3.05) is 31.6 Å². The normalized spacial score (nSPS) is 16.2. The van der Waals surface area contributed by atoms with Crippen molar-refractivity contribution in [2.24, 2.45) is 0 Å². The molecule has 114 valence electrons. The molecule has 1 heterocycles. The van der Waals surface area contributed by atoms with Crippen LogP contribution in [0.1, 0.15) is 25.8 Å². The average Bonchev–Trinajstić information content (AvgIpc) is 2.40. The van der Waals surface area contributed by atoms with Crippen molar-refractivity contribution in [2.45, 2.75) is 25.7 Å². The predicted molar refractivity (Wildman–Crippen MR) is 81.6 cm³/mol. The first kappa shape index (κ1) is 15.4. The molecule has 21 heavy (non-hydrogen) atoms. The van der Waals surface area contributed by atoms with Gasteiger partial charge in [-0.2, -0.15) is 0 Å². The van der Waals surface area contributed by atoms with Gasteiger partial charge in [-0.05, 0) is 11.6 Å². The lowest BCUT2D eigenvalue weighted by Gasteiger charge is -2.37. The number of aliphatic carboxylic acids is 1. The Bertz CT molecular complexity index is 554. The third-order valence-corrected chi connectivity index (χ3v) is 4.02. The molecule has 1 aliphatic heterocycles. The van der Waals surface area contributed by atoms with Gasteiger partial charge in [-0.25, -0.2) is 0 Å². The number of nitrogens with zero attached hydrogens (tertiary/aromatic N) is 2. The highest BCUT2D eigenvalue weighted by Crippen LogP contribution is 2.35. The molecular weight excluding hydrogens is 268 g/mol. The Morgan fingerprint density at radius 2 is 1.95 bits per heavy atom. The molecular formula is C16H22N2O3. The van der Waals surface area contributed by atoms with Crippen molar-refractivity contribution in [1.29, 1.82) is 0 Å². The van der Waals surface area contributed by atoms with Gasteiger partial charge < -0.3 is 14.9 Å². The molecule has 1 aliphatic rings. The van der Waals surface area contributed by atoms with Crippen LogP contribution in [-0.2, 0) is 15.0 Å². The molecule has 1 fully saturated rings. The average molecular weight is 290 g/mol. The first-order valence-corrected chi connectivity index (χ1v) is 7.11. The predicted octanol–water partition coefficient (Wildman–Crippen LogP) is 1.72. The molecule has 0 bridgehead atoms. The molecule has 1 saturated heterocycles. The largest absolute Gasteiger partial charge is 0.481 e. The summed E-state index contributed by atoms with van der Waals surface area (Å²) in [7, 11) is 1.81. The third kappa shape index (κ3) is 3.35. The standard InChI is InChI=1S/C16H22N2O3/c1-16(2,10-15(20)21)12-6-4-5-7-13(12)18-9-8-17(3)14(19)11-18/h4-7H,8-11H2,1-3H3,(H,20,21). The monoisotopic (exact) mass is 290 g/mol. The number of carboxylic acid groups (broad SMARTS) is 1. The Balaban J connectivity index is 2.33. The van der Waals surface area contributed by atoms with Crippen LogP contribution in [0.3, 0.4) is 0 Å². The number of para-hydroxylation sites is 1. The lowest BCUT2D eigenvalue weighted by atomic mass is 9.80. The third-order valence-electron chi connectivity index (χ3n) is 4.02. The van der Waals surface area contributed by atoms with Crippen molar-refractivity contribution in [3.05, 3.63) is 29.8 Å². The van der Waals surface area contributed by atoms with Crippen molar-refractivity contribution >= 4 is 17.6 Å². The molecule has 1 amide bonds. The van der Waals surface area contributed by atoms with Gasteiger partial charge in [0.1, 0.15) is 0 Å². The summed E-state index contributed by atoms with van der Waals surface area (Å²) in [4.78, 5) is 26.8. The first-order chi connectivity index (χ1) is 9.81. The topological polar surface area (TPSA) is 60.9 Å². The molecule has 5 heteroatoms. The van der Waals surface area contributed by atoms with Crippen LogP contribution in [0.5, 0.6) is 0 Å². The van der Waals surface area contributed by atoms with Gasteiger partial charge in [0.05, 0.1) is 13.0 Å². The summed E-state index contributed by atoms with van der Waals surface area (Å²) < 4.78 is 0. The Morgan fingerprint density at radius 1 is 1.29 bits per heavy atom. The molecule has 0 aromatic heterocycles. The zero-order chi connectivity index (χ0) is 15.6. The molecule has 1 aromatic rings. The van der Waals surface area contributed by atoms with Gasteiger partial charge in [0.15, 0.2) is 0 Å². The first-order valence-electron chi connectivity index (χ1n) is 7.11. The smallest absolute Gasteiger partial charge is 0.304 e. The number of rotatable bonds is 4. The van der Waals surface area contributed by atoms with E-state index in [-0.39, 0.29) is 12.3 Å². The number of amides is 1. The molecule has 0 atom stereocenters. The summed E-state index contributed by atoms with van der Waals surface area (Å²) in [6, 6.07) is 7.78. The number of carbonyl (C=O) groups is 2. The van der Waals surface area contributed by atoms with Gasteiger partial charge in [0.25, 0.3) is 0 Å². The second-order valence-electron chi connectivity index (χ2n) is 6.21. The zero-order valence-corrected chi connectivity index (χ0v) is 12.8. The minimum Gasteiger partial charge on any atom is -0.481 e. The lowest BCUT2D eigenvalue weighted by Crippen LogP contribution is -2.49. The molecule has 0 unspecified atom stereocenters. The maximum absolute atomic E-state index is 11.9. The second kappa shape index (κ2) is 5.76. The van der Waals surface area contributed by atoms with Crippen molar-refractivity contribution in [1.82, 2.24) is 4.90 Å². The van der Waals surface area contributed by atoms with E-state index in [9.17, 15) is 9.59 Å². The van der Waals surface area contributed by atoms with Crippen LogP contribution < -0.4 is 4.90 Å². The van der Waals surface area contributed by atoms with Gasteiger partial charge >= 0.3 is 5.97 Å². The van der Waals surface area contributed by atoms with E-state index in [1.807, 2.05) is 43.0 Å². The highest BCUT2D eigenvalue weighted by Gasteiger charge is 2.30. The molecule has 5 nitrogen and oxygen atoms in total.